The molecule has 5 aromatic carbocycles. The maximum Gasteiger partial charge on any atom is 0.121 e. The van der Waals surface area contributed by atoms with Gasteiger partial charge in [0.05, 0.1) is 5.58 Å². The summed E-state index contributed by atoms with van der Waals surface area (Å²) in [6, 6.07) is 38.6. The van der Waals surface area contributed by atoms with Crippen molar-refractivity contribution in [2.45, 2.75) is 104 Å². The molecule has 3 aromatic heterocycles. The number of pyridine rings is 2. The number of hydrogen-bond donors (Lipinski definition) is 0. The van der Waals surface area contributed by atoms with Crippen LogP contribution in [0.5, 0.6) is 0 Å². The van der Waals surface area contributed by atoms with E-state index in [4.69, 9.17) is 12.6 Å². The summed E-state index contributed by atoms with van der Waals surface area (Å²) in [6.45, 7) is 1.55. The number of aromatic nitrogens is 2. The number of rotatable bonds is 3. The van der Waals surface area contributed by atoms with Crippen molar-refractivity contribution in [1.82, 2.24) is 9.97 Å². The Morgan fingerprint density at radius 1 is 0.702 bits per heavy atom. The largest absolute Gasteiger partial charge is 0.501 e. The van der Waals surface area contributed by atoms with E-state index >= 15 is 0 Å². The van der Waals surface area contributed by atoms with Gasteiger partial charge in [-0.3, -0.25) is 0 Å². The van der Waals surface area contributed by atoms with Crippen molar-refractivity contribution in [3.05, 3.63) is 144 Å². The first-order valence-corrected chi connectivity index (χ1v) is 20.1. The van der Waals surface area contributed by atoms with Crippen LogP contribution in [0.15, 0.2) is 114 Å². The first-order valence-electron chi connectivity index (χ1n) is 23.6. The van der Waals surface area contributed by atoms with E-state index < -0.39 is 19.6 Å². The predicted molar refractivity (Wildman–Crippen MR) is 234 cm³/mol. The second-order valence-corrected chi connectivity index (χ2v) is 17.0. The number of aryl methyl sites for hydroxylation is 2. The smallest absolute Gasteiger partial charge is 0.121 e. The van der Waals surface area contributed by atoms with Crippen LogP contribution in [-0.4, -0.2) is 9.97 Å². The fraction of sp³-hybridized carbons (Fsp3) is 0.321. The van der Waals surface area contributed by atoms with E-state index in [-0.39, 0.29) is 31.1 Å². The molecular formula is C53H52IrN2O-2. The van der Waals surface area contributed by atoms with Crippen molar-refractivity contribution in [3.63, 3.8) is 0 Å². The van der Waals surface area contributed by atoms with E-state index in [9.17, 15) is 1.37 Å². The van der Waals surface area contributed by atoms with Gasteiger partial charge in [0.15, 0.2) is 0 Å². The Balaban J connectivity index is 0.000000225. The minimum Gasteiger partial charge on any atom is -0.501 e. The SMILES string of the molecule is [2H]C([2H])([2H])c1cnc(-c2[c-]ccc3c2oc2cc4c(ccc5ccccc54)cc23)cc1C1([2H])CCC2(CCCCC2)CC1.[2H]C([2H])([2H])c1cnc(-c2[c-]cccc2)cc1C(C)(C)C.[Ir]. The van der Waals surface area contributed by atoms with Gasteiger partial charge in [-0.2, -0.15) is 0 Å². The third-order valence-corrected chi connectivity index (χ3v) is 12.4. The molecule has 10 rings (SSSR count). The van der Waals surface area contributed by atoms with E-state index in [1.165, 1.54) is 55.3 Å². The van der Waals surface area contributed by atoms with Gasteiger partial charge in [-0.05, 0) is 136 Å². The molecule has 57 heavy (non-hydrogen) atoms. The summed E-state index contributed by atoms with van der Waals surface area (Å²) >= 11 is 0. The Bertz CT molecular complexity index is 2970. The summed E-state index contributed by atoms with van der Waals surface area (Å²) < 4.78 is 64.0. The van der Waals surface area contributed by atoms with Crippen LogP contribution < -0.4 is 0 Å². The Labute approximate surface area is 361 Å². The standard InChI is InChI=1S/C37H34NO.C16H18N.Ir/c1-24-23-38-34(21-31(24)26-14-18-37(19-15-26)16-5-2-6-17-37)30-11-7-10-29-33-20-27-13-12-25-8-3-4-9-28(25)32(27)22-35(33)39-36(29)30;1-12-11-17-15(10-14(12)16(2,3)4)13-8-6-5-7-9-13;/h3-4,7-10,12-13,20-23,26H,2,5-6,14-19H2,1H3;5-8,10-11H,1-4H3;/q2*-1;/i1D3,26D;1D3;. The van der Waals surface area contributed by atoms with Crippen LogP contribution in [0.1, 0.15) is 116 Å². The minimum atomic E-state index is -2.34. The Hall–Kier alpha value is -4.63. The van der Waals surface area contributed by atoms with Crippen LogP contribution in [0.2, 0.25) is 0 Å². The maximum atomic E-state index is 9.63. The molecule has 0 aliphatic heterocycles. The first kappa shape index (κ1) is 31.4. The molecule has 0 bridgehead atoms. The summed E-state index contributed by atoms with van der Waals surface area (Å²) in [6.07, 6.45) is 12.6. The number of fused-ring (bicyclic) bond motifs is 6. The second kappa shape index (κ2) is 16.0. The average molecular weight is 932 g/mol. The van der Waals surface area contributed by atoms with E-state index in [2.05, 4.69) is 70.6 Å². The first-order chi connectivity index (χ1) is 29.9. The Kier molecular flexibility index (Phi) is 8.78. The van der Waals surface area contributed by atoms with Crippen molar-refractivity contribution in [2.75, 3.05) is 0 Å². The van der Waals surface area contributed by atoms with Gasteiger partial charge < -0.3 is 14.4 Å². The van der Waals surface area contributed by atoms with E-state index in [1.54, 1.807) is 0 Å². The van der Waals surface area contributed by atoms with Gasteiger partial charge in [-0.1, -0.05) is 99.5 Å². The Morgan fingerprint density at radius 2 is 1.46 bits per heavy atom. The summed E-state index contributed by atoms with van der Waals surface area (Å²) in [5.41, 5.74) is 6.39. The zero-order chi connectivity index (χ0) is 44.4. The Morgan fingerprint density at radius 3 is 2.23 bits per heavy atom. The third-order valence-electron chi connectivity index (χ3n) is 12.4. The van der Waals surface area contributed by atoms with Crippen molar-refractivity contribution in [1.29, 1.82) is 0 Å². The van der Waals surface area contributed by atoms with E-state index in [0.29, 0.717) is 46.2 Å². The molecule has 0 N–H and O–H groups in total. The minimum absolute atomic E-state index is 0. The molecule has 2 aliphatic carbocycles. The number of hydrogen-bond acceptors (Lipinski definition) is 3. The quantitative estimate of drug-likeness (QED) is 0.131. The molecule has 4 heteroatoms. The fourth-order valence-electron chi connectivity index (χ4n) is 9.25. The fourth-order valence-corrected chi connectivity index (χ4v) is 9.25. The maximum absolute atomic E-state index is 9.63. The van der Waals surface area contributed by atoms with Gasteiger partial charge in [0.2, 0.25) is 0 Å². The molecule has 2 saturated carbocycles. The average Bonchev–Trinajstić information content (AvgIpc) is 3.64. The monoisotopic (exact) mass is 932 g/mol. The van der Waals surface area contributed by atoms with E-state index in [0.717, 1.165) is 56.8 Å². The predicted octanol–water partition coefficient (Wildman–Crippen LogP) is 14.8. The summed E-state index contributed by atoms with van der Waals surface area (Å²) in [4.78, 5) is 8.97. The molecule has 0 saturated heterocycles. The molecule has 1 spiro atoms. The van der Waals surface area contributed by atoms with Crippen LogP contribution >= 0.6 is 0 Å². The van der Waals surface area contributed by atoms with Crippen LogP contribution in [0.4, 0.5) is 0 Å². The molecule has 1 radical (unpaired) electrons. The number of nitrogens with zero attached hydrogens (tertiary/aromatic N) is 2. The van der Waals surface area contributed by atoms with Crippen molar-refractivity contribution >= 4 is 43.5 Å². The van der Waals surface area contributed by atoms with Gasteiger partial charge in [0.1, 0.15) is 5.58 Å². The van der Waals surface area contributed by atoms with Crippen LogP contribution in [-0.2, 0) is 25.5 Å². The summed E-state index contributed by atoms with van der Waals surface area (Å²) in [7, 11) is 0. The van der Waals surface area contributed by atoms with Crippen LogP contribution in [0.25, 0.3) is 66.0 Å². The number of furan rings is 1. The number of benzene rings is 5. The van der Waals surface area contributed by atoms with Gasteiger partial charge in [0.25, 0.3) is 0 Å². The molecule has 0 unspecified atom stereocenters. The van der Waals surface area contributed by atoms with Crippen LogP contribution in [0, 0.1) is 31.3 Å². The molecule has 8 aromatic rings. The zero-order valence-corrected chi connectivity index (χ0v) is 35.3. The van der Waals surface area contributed by atoms with Gasteiger partial charge >= 0.3 is 0 Å². The topological polar surface area (TPSA) is 38.9 Å². The van der Waals surface area contributed by atoms with Crippen molar-refractivity contribution < 1.29 is 34.1 Å². The molecule has 291 valence electrons. The van der Waals surface area contributed by atoms with Crippen LogP contribution in [0.3, 0.4) is 0 Å². The summed E-state index contributed by atoms with van der Waals surface area (Å²) in [5, 5.41) is 6.65. The second-order valence-electron chi connectivity index (χ2n) is 17.0. The molecule has 3 heterocycles. The molecule has 0 amide bonds. The third kappa shape index (κ3) is 7.72. The van der Waals surface area contributed by atoms with E-state index in [1.807, 2.05) is 69.3 Å². The molecular weight excluding hydrogens is 873 g/mol. The molecule has 2 fully saturated rings. The van der Waals surface area contributed by atoms with Gasteiger partial charge in [-0.25, -0.2) is 0 Å². The molecule has 3 nitrogen and oxygen atoms in total. The van der Waals surface area contributed by atoms with Gasteiger partial charge in [0, 0.05) is 47.5 Å². The van der Waals surface area contributed by atoms with Crippen molar-refractivity contribution in [3.8, 4) is 22.5 Å². The van der Waals surface area contributed by atoms with Gasteiger partial charge in [-0.15, -0.1) is 54.1 Å². The zero-order valence-electron chi connectivity index (χ0n) is 39.9. The molecule has 0 atom stereocenters. The molecule has 2 aliphatic rings. The normalized spacial score (nSPS) is 18.6. The van der Waals surface area contributed by atoms with Crippen molar-refractivity contribution in [2.24, 2.45) is 5.41 Å². The summed E-state index contributed by atoms with van der Waals surface area (Å²) in [5.74, 6) is -0.954.